The minimum atomic E-state index is -0.335. The summed E-state index contributed by atoms with van der Waals surface area (Å²) < 4.78 is 6.72. The van der Waals surface area contributed by atoms with Crippen molar-refractivity contribution in [2.24, 2.45) is 7.05 Å². The van der Waals surface area contributed by atoms with Crippen LogP contribution in [-0.4, -0.2) is 4.57 Å². The number of halogens is 1. The Hall–Kier alpha value is -1.81. The maximum Gasteiger partial charge on any atom is 0.419 e. The Morgan fingerprint density at radius 1 is 1.11 bits per heavy atom. The van der Waals surface area contributed by atoms with Gasteiger partial charge in [0.05, 0.1) is 10.3 Å². The van der Waals surface area contributed by atoms with Gasteiger partial charge in [-0.2, -0.15) is 0 Å². The van der Waals surface area contributed by atoms with E-state index >= 15 is 0 Å². The van der Waals surface area contributed by atoms with Gasteiger partial charge in [0.25, 0.3) is 0 Å². The molecule has 0 saturated heterocycles. The highest BCUT2D eigenvalue weighted by Crippen LogP contribution is 2.32. The van der Waals surface area contributed by atoms with Gasteiger partial charge in [-0.25, -0.2) is 4.79 Å². The summed E-state index contributed by atoms with van der Waals surface area (Å²) in [7, 11) is 1.71. The second-order valence-corrected chi connectivity index (χ2v) is 5.34. The van der Waals surface area contributed by atoms with Gasteiger partial charge < -0.3 is 4.42 Å². The van der Waals surface area contributed by atoms with Crippen LogP contribution in [0, 0.1) is 0 Å². The molecule has 1 heterocycles. The van der Waals surface area contributed by atoms with Gasteiger partial charge in [-0.3, -0.25) is 4.57 Å². The van der Waals surface area contributed by atoms with Gasteiger partial charge in [0.15, 0.2) is 5.58 Å². The summed E-state index contributed by atoms with van der Waals surface area (Å²) in [4.78, 5) is 11.6. The van der Waals surface area contributed by atoms with Crippen LogP contribution in [0.5, 0.6) is 0 Å². The fourth-order valence-electron chi connectivity index (χ4n) is 2.12. The number of benzene rings is 2. The average Bonchev–Trinajstić information content (AvgIpc) is 2.74. The van der Waals surface area contributed by atoms with Crippen molar-refractivity contribution in [1.82, 2.24) is 4.57 Å². The molecule has 0 radical (unpaired) electrons. The summed E-state index contributed by atoms with van der Waals surface area (Å²) in [6, 6.07) is 15.9. The number of oxazole rings is 1. The summed E-state index contributed by atoms with van der Waals surface area (Å²) >= 11 is 3.68. The molecule has 19 heavy (non-hydrogen) atoms. The first-order valence-corrected chi connectivity index (χ1v) is 6.87. The molecule has 4 heteroatoms. The maximum absolute atomic E-state index is 11.5. The Kier molecular flexibility index (Phi) is 3.03. The summed E-state index contributed by atoms with van der Waals surface area (Å²) in [5.41, 5.74) is 3.65. The molecule has 2 aromatic carbocycles. The molecular formula is C15H12BrNO2. The number of nitrogens with zero attached hydrogens (tertiary/aromatic N) is 1. The largest absolute Gasteiger partial charge is 0.419 e. The van der Waals surface area contributed by atoms with Crippen molar-refractivity contribution in [3.05, 3.63) is 70.2 Å². The first kappa shape index (κ1) is 12.2. The van der Waals surface area contributed by atoms with Gasteiger partial charge in [0, 0.05) is 7.05 Å². The fraction of sp³-hybridized carbons (Fsp3) is 0.133. The van der Waals surface area contributed by atoms with Crippen molar-refractivity contribution >= 4 is 27.0 Å². The molecule has 1 unspecified atom stereocenters. The van der Waals surface area contributed by atoms with Crippen LogP contribution in [0.15, 0.2) is 57.7 Å². The first-order valence-electron chi connectivity index (χ1n) is 5.95. The predicted molar refractivity (Wildman–Crippen MR) is 78.7 cm³/mol. The maximum atomic E-state index is 11.5. The van der Waals surface area contributed by atoms with Crippen LogP contribution in [0.4, 0.5) is 0 Å². The van der Waals surface area contributed by atoms with Crippen molar-refractivity contribution in [2.75, 3.05) is 0 Å². The molecule has 3 aromatic rings. The molecule has 0 aliphatic rings. The van der Waals surface area contributed by atoms with Crippen molar-refractivity contribution in [1.29, 1.82) is 0 Å². The summed E-state index contributed by atoms with van der Waals surface area (Å²) in [6.45, 7) is 0. The lowest BCUT2D eigenvalue weighted by Gasteiger charge is -2.10. The van der Waals surface area contributed by atoms with Gasteiger partial charge in [0.1, 0.15) is 0 Å². The molecule has 0 amide bonds. The summed E-state index contributed by atoms with van der Waals surface area (Å²) in [5, 5.41) is 0. The van der Waals surface area contributed by atoms with E-state index in [-0.39, 0.29) is 10.6 Å². The molecule has 1 atom stereocenters. The van der Waals surface area contributed by atoms with Crippen molar-refractivity contribution in [2.45, 2.75) is 4.83 Å². The molecule has 0 bridgehead atoms. The number of aryl methyl sites for hydroxylation is 1. The third-order valence-corrected chi connectivity index (χ3v) is 4.26. The van der Waals surface area contributed by atoms with Crippen molar-refractivity contribution < 1.29 is 4.42 Å². The zero-order valence-electron chi connectivity index (χ0n) is 10.3. The van der Waals surface area contributed by atoms with Crippen LogP contribution in [0.3, 0.4) is 0 Å². The SMILES string of the molecule is Cn1c(=O)oc2cc(C(Br)c3ccccc3)ccc21. The number of rotatable bonds is 2. The third kappa shape index (κ3) is 2.12. The van der Waals surface area contributed by atoms with Crippen LogP contribution in [0.1, 0.15) is 16.0 Å². The smallest absolute Gasteiger partial charge is 0.408 e. The predicted octanol–water partition coefficient (Wildman–Crippen LogP) is 3.62. The summed E-state index contributed by atoms with van der Waals surface area (Å²) in [6.07, 6.45) is 0. The molecular weight excluding hydrogens is 306 g/mol. The van der Waals surface area contributed by atoms with E-state index in [2.05, 4.69) is 28.1 Å². The highest BCUT2D eigenvalue weighted by atomic mass is 79.9. The molecule has 0 aliphatic carbocycles. The Morgan fingerprint density at radius 2 is 1.84 bits per heavy atom. The molecule has 1 aromatic heterocycles. The van der Waals surface area contributed by atoms with E-state index in [0.717, 1.165) is 11.1 Å². The number of aromatic nitrogens is 1. The van der Waals surface area contributed by atoms with Gasteiger partial charge in [-0.05, 0) is 23.3 Å². The molecule has 3 nitrogen and oxygen atoms in total. The number of fused-ring (bicyclic) bond motifs is 1. The normalized spacial score (nSPS) is 12.7. The Labute approximate surface area is 118 Å². The highest BCUT2D eigenvalue weighted by molar-refractivity contribution is 9.09. The molecule has 0 fully saturated rings. The van der Waals surface area contributed by atoms with Crippen LogP contribution in [0.2, 0.25) is 0 Å². The topological polar surface area (TPSA) is 35.1 Å². The molecule has 0 N–H and O–H groups in total. The van der Waals surface area contributed by atoms with Gasteiger partial charge in [0.2, 0.25) is 0 Å². The molecule has 3 rings (SSSR count). The molecule has 0 spiro atoms. The Morgan fingerprint density at radius 3 is 2.58 bits per heavy atom. The fourth-order valence-corrected chi connectivity index (χ4v) is 2.71. The lowest BCUT2D eigenvalue weighted by Crippen LogP contribution is -2.08. The average molecular weight is 318 g/mol. The van der Waals surface area contributed by atoms with Crippen LogP contribution >= 0.6 is 15.9 Å². The van der Waals surface area contributed by atoms with E-state index in [1.165, 1.54) is 10.1 Å². The van der Waals surface area contributed by atoms with Gasteiger partial charge in [-0.1, -0.05) is 52.3 Å². The van der Waals surface area contributed by atoms with Gasteiger partial charge in [-0.15, -0.1) is 0 Å². The van der Waals surface area contributed by atoms with E-state index in [1.54, 1.807) is 7.05 Å². The van der Waals surface area contributed by atoms with Crippen LogP contribution in [-0.2, 0) is 7.05 Å². The lowest BCUT2D eigenvalue weighted by atomic mass is 10.0. The van der Waals surface area contributed by atoms with Crippen molar-refractivity contribution in [3.8, 4) is 0 Å². The number of hydrogen-bond acceptors (Lipinski definition) is 2. The molecule has 96 valence electrons. The van der Waals surface area contributed by atoms with Crippen LogP contribution in [0.25, 0.3) is 11.1 Å². The second-order valence-electron chi connectivity index (χ2n) is 4.43. The second kappa shape index (κ2) is 4.70. The van der Waals surface area contributed by atoms with E-state index in [9.17, 15) is 4.79 Å². The minimum Gasteiger partial charge on any atom is -0.408 e. The van der Waals surface area contributed by atoms with Gasteiger partial charge >= 0.3 is 5.76 Å². The highest BCUT2D eigenvalue weighted by Gasteiger charge is 2.13. The zero-order valence-corrected chi connectivity index (χ0v) is 11.9. The van der Waals surface area contributed by atoms with Crippen molar-refractivity contribution in [3.63, 3.8) is 0 Å². The number of hydrogen-bond donors (Lipinski definition) is 0. The summed E-state index contributed by atoms with van der Waals surface area (Å²) in [5.74, 6) is -0.335. The standard InChI is InChI=1S/C15H12BrNO2/c1-17-12-8-7-11(9-13(12)19-15(17)18)14(16)10-5-3-2-4-6-10/h2-9,14H,1H3. The zero-order chi connectivity index (χ0) is 13.4. The molecule has 0 saturated carbocycles. The number of alkyl halides is 1. The first-order chi connectivity index (χ1) is 9.16. The van der Waals surface area contributed by atoms with E-state index in [1.807, 2.05) is 36.4 Å². The molecule has 0 aliphatic heterocycles. The minimum absolute atomic E-state index is 0.0867. The van der Waals surface area contributed by atoms with E-state index < -0.39 is 0 Å². The van der Waals surface area contributed by atoms with E-state index in [4.69, 9.17) is 4.42 Å². The third-order valence-electron chi connectivity index (χ3n) is 3.20. The monoisotopic (exact) mass is 317 g/mol. The Bertz CT molecular complexity index is 774. The lowest BCUT2D eigenvalue weighted by molar-refractivity contribution is 0.528. The van der Waals surface area contributed by atoms with E-state index in [0.29, 0.717) is 5.58 Å². The quantitative estimate of drug-likeness (QED) is 0.677. The Balaban J connectivity index is 2.09. The van der Waals surface area contributed by atoms with Crippen LogP contribution < -0.4 is 5.76 Å².